The molecule has 2 aromatic heterocycles. The molecule has 1 amide bonds. The molecule has 126 valence electrons. The molecule has 0 aliphatic heterocycles. The molecule has 7 heteroatoms. The zero-order chi connectivity index (χ0) is 17.6. The lowest BCUT2D eigenvalue weighted by Crippen LogP contribution is -2.13. The van der Waals surface area contributed by atoms with Crippen molar-refractivity contribution in [2.24, 2.45) is 0 Å². The monoisotopic (exact) mass is 345 g/mol. The number of rotatable bonds is 2. The summed E-state index contributed by atoms with van der Waals surface area (Å²) >= 11 is 6.46. The summed E-state index contributed by atoms with van der Waals surface area (Å²) in [4.78, 5) is 15.7. The average Bonchev–Trinajstić information content (AvgIpc) is 2.98. The molecule has 2 N–H and O–H groups in total. The Balaban J connectivity index is 2.03. The zero-order valence-electron chi connectivity index (χ0n) is 14.4. The van der Waals surface area contributed by atoms with E-state index in [1.54, 1.807) is 4.63 Å². The van der Waals surface area contributed by atoms with Gasteiger partial charge in [0.2, 0.25) is 5.91 Å². The highest BCUT2D eigenvalue weighted by atomic mass is 35.5. The number of hydrogen-bond donors (Lipinski definition) is 2. The van der Waals surface area contributed by atoms with E-state index in [9.17, 15) is 4.79 Å². The zero-order valence-corrected chi connectivity index (χ0v) is 15.1. The van der Waals surface area contributed by atoms with Gasteiger partial charge in [-0.1, -0.05) is 32.4 Å². The highest BCUT2D eigenvalue weighted by Gasteiger charge is 2.24. The number of carbonyl (C=O) groups excluding carboxylic acids is 1. The number of hydrogen-bond acceptors (Lipinski definition) is 3. The smallest absolute Gasteiger partial charge is 0.221 e. The van der Waals surface area contributed by atoms with Crippen molar-refractivity contribution in [1.82, 2.24) is 19.8 Å². The molecular weight excluding hydrogens is 326 g/mol. The van der Waals surface area contributed by atoms with Gasteiger partial charge in [0, 0.05) is 23.6 Å². The molecule has 3 rings (SSSR count). The number of halogens is 1. The molecule has 0 fully saturated rings. The third-order valence-electron chi connectivity index (χ3n) is 3.78. The molecule has 24 heavy (non-hydrogen) atoms. The molecule has 0 bridgehead atoms. The summed E-state index contributed by atoms with van der Waals surface area (Å²) in [6, 6.07) is 5.63. The highest BCUT2D eigenvalue weighted by Crippen LogP contribution is 2.32. The van der Waals surface area contributed by atoms with Gasteiger partial charge >= 0.3 is 0 Å². The van der Waals surface area contributed by atoms with E-state index in [1.807, 2.05) is 25.1 Å². The van der Waals surface area contributed by atoms with Gasteiger partial charge < -0.3 is 5.32 Å². The lowest BCUT2D eigenvalue weighted by atomic mass is 9.92. The Labute approximate surface area is 145 Å². The molecule has 0 atom stereocenters. The van der Waals surface area contributed by atoms with Crippen LogP contribution >= 0.6 is 11.6 Å². The van der Waals surface area contributed by atoms with Crippen molar-refractivity contribution in [3.63, 3.8) is 0 Å². The van der Waals surface area contributed by atoms with Gasteiger partial charge in [-0.05, 0) is 30.7 Å². The third kappa shape index (κ3) is 2.89. The number of nitrogens with one attached hydrogen (secondary N) is 2. The van der Waals surface area contributed by atoms with E-state index in [4.69, 9.17) is 11.6 Å². The summed E-state index contributed by atoms with van der Waals surface area (Å²) in [6.07, 6.45) is 0. The quantitative estimate of drug-likeness (QED) is 0.738. The van der Waals surface area contributed by atoms with E-state index >= 15 is 0 Å². The van der Waals surface area contributed by atoms with Gasteiger partial charge in [-0.2, -0.15) is 4.63 Å². The van der Waals surface area contributed by atoms with E-state index in [0.717, 1.165) is 22.5 Å². The molecule has 6 nitrogen and oxygen atoms in total. The Bertz CT molecular complexity index is 932. The maximum atomic E-state index is 11.2. The van der Waals surface area contributed by atoms with Gasteiger partial charge in [-0.25, -0.2) is 4.98 Å². The number of aromatic nitrogens is 4. The summed E-state index contributed by atoms with van der Waals surface area (Å²) < 4.78 is 1.61. The topological polar surface area (TPSA) is 75.1 Å². The third-order valence-corrected chi connectivity index (χ3v) is 4.14. The van der Waals surface area contributed by atoms with Crippen molar-refractivity contribution < 1.29 is 4.79 Å². The average molecular weight is 346 g/mol. The van der Waals surface area contributed by atoms with Gasteiger partial charge in [0.25, 0.3) is 0 Å². The number of nitrogens with zero attached hydrogens (tertiary/aromatic N) is 3. The van der Waals surface area contributed by atoms with Crippen molar-refractivity contribution in [2.45, 2.75) is 40.0 Å². The van der Waals surface area contributed by atoms with E-state index < -0.39 is 0 Å². The summed E-state index contributed by atoms with van der Waals surface area (Å²) in [5, 5.41) is 11.1. The first-order valence-electron chi connectivity index (χ1n) is 7.70. The fourth-order valence-electron chi connectivity index (χ4n) is 2.61. The van der Waals surface area contributed by atoms with E-state index in [2.05, 4.69) is 41.3 Å². The standard InChI is InChI=1S/C17H20ClN5O/c1-9-8-11(19-10(2)24)6-7-12(9)15-20-16-13(18)14(17(3,4)5)21-23(16)22-15/h6-8,21H,1-5H3,(H,19,24). The number of amides is 1. The van der Waals surface area contributed by atoms with Crippen molar-refractivity contribution >= 4 is 28.8 Å². The van der Waals surface area contributed by atoms with Crippen LogP contribution in [-0.4, -0.2) is 25.7 Å². The Morgan fingerprint density at radius 3 is 2.58 bits per heavy atom. The second-order valence-corrected chi connectivity index (χ2v) is 7.31. The second-order valence-electron chi connectivity index (χ2n) is 6.93. The predicted molar refractivity (Wildman–Crippen MR) is 95.5 cm³/mol. The number of aromatic amines is 1. The first-order valence-corrected chi connectivity index (χ1v) is 8.08. The van der Waals surface area contributed by atoms with Crippen LogP contribution in [0.25, 0.3) is 17.0 Å². The lowest BCUT2D eigenvalue weighted by Gasteiger charge is -2.16. The van der Waals surface area contributed by atoms with Crippen LogP contribution in [0, 0.1) is 6.92 Å². The molecule has 0 saturated carbocycles. The van der Waals surface area contributed by atoms with Crippen molar-refractivity contribution in [3.8, 4) is 11.4 Å². The minimum absolute atomic E-state index is 0.0999. The number of H-pyrrole nitrogens is 1. The number of aryl methyl sites for hydroxylation is 1. The van der Waals surface area contributed by atoms with Gasteiger partial charge in [-0.3, -0.25) is 9.89 Å². The van der Waals surface area contributed by atoms with Crippen molar-refractivity contribution in [3.05, 3.63) is 34.5 Å². The largest absolute Gasteiger partial charge is 0.326 e. The lowest BCUT2D eigenvalue weighted by molar-refractivity contribution is -0.114. The molecule has 0 unspecified atom stereocenters. The van der Waals surface area contributed by atoms with E-state index in [1.165, 1.54) is 6.92 Å². The Hall–Kier alpha value is -2.34. The summed E-state index contributed by atoms with van der Waals surface area (Å²) in [7, 11) is 0. The maximum Gasteiger partial charge on any atom is 0.221 e. The number of benzene rings is 1. The van der Waals surface area contributed by atoms with Crippen LogP contribution in [0.3, 0.4) is 0 Å². The summed E-state index contributed by atoms with van der Waals surface area (Å²) in [6.45, 7) is 9.68. The molecule has 3 aromatic rings. The van der Waals surface area contributed by atoms with Crippen molar-refractivity contribution in [1.29, 1.82) is 0 Å². The first-order chi connectivity index (χ1) is 11.2. The Morgan fingerprint density at radius 2 is 2.04 bits per heavy atom. The molecule has 1 aromatic carbocycles. The minimum Gasteiger partial charge on any atom is -0.326 e. The Morgan fingerprint density at radius 1 is 1.33 bits per heavy atom. The minimum atomic E-state index is -0.116. The van der Waals surface area contributed by atoms with Crippen LogP contribution in [0.15, 0.2) is 18.2 Å². The van der Waals surface area contributed by atoms with Gasteiger partial charge in [0.15, 0.2) is 11.5 Å². The van der Waals surface area contributed by atoms with E-state index in [-0.39, 0.29) is 11.3 Å². The van der Waals surface area contributed by atoms with Crippen LogP contribution in [-0.2, 0) is 10.2 Å². The van der Waals surface area contributed by atoms with Gasteiger partial charge in [-0.15, -0.1) is 5.10 Å². The number of anilines is 1. The highest BCUT2D eigenvalue weighted by molar-refractivity contribution is 6.34. The maximum absolute atomic E-state index is 11.2. The fraction of sp³-hybridized carbons (Fsp3) is 0.353. The fourth-order valence-corrected chi connectivity index (χ4v) is 3.05. The van der Waals surface area contributed by atoms with Gasteiger partial charge in [0.1, 0.15) is 5.02 Å². The summed E-state index contributed by atoms with van der Waals surface area (Å²) in [5.41, 5.74) is 4.03. The molecule has 0 spiro atoms. The molecule has 0 saturated heterocycles. The molecular formula is C17H20ClN5O. The van der Waals surface area contributed by atoms with Crippen LogP contribution in [0.5, 0.6) is 0 Å². The summed E-state index contributed by atoms with van der Waals surface area (Å²) in [5.74, 6) is 0.493. The normalized spacial score (nSPS) is 11.9. The number of carbonyl (C=O) groups is 1. The first kappa shape index (κ1) is 16.5. The molecule has 2 heterocycles. The Kier molecular flexibility index (Phi) is 3.87. The molecule has 0 aliphatic carbocycles. The molecule has 0 radical (unpaired) electrons. The number of fused-ring (bicyclic) bond motifs is 1. The van der Waals surface area contributed by atoms with E-state index in [0.29, 0.717) is 16.5 Å². The predicted octanol–water partition coefficient (Wildman–Crippen LogP) is 3.94. The van der Waals surface area contributed by atoms with Crippen LogP contribution in [0.1, 0.15) is 39.0 Å². The second kappa shape index (κ2) is 5.63. The van der Waals surface area contributed by atoms with Crippen LogP contribution < -0.4 is 5.32 Å². The van der Waals surface area contributed by atoms with Gasteiger partial charge in [0.05, 0.1) is 5.69 Å². The van der Waals surface area contributed by atoms with Crippen LogP contribution in [0.2, 0.25) is 5.02 Å². The van der Waals surface area contributed by atoms with Crippen molar-refractivity contribution in [2.75, 3.05) is 5.32 Å². The molecule has 0 aliphatic rings. The SMILES string of the molecule is CC(=O)Nc1ccc(-c2nc3c(Cl)c(C(C)(C)C)[nH]n3n2)c(C)c1. The van der Waals surface area contributed by atoms with Crippen LogP contribution in [0.4, 0.5) is 5.69 Å².